The summed E-state index contributed by atoms with van der Waals surface area (Å²) in [6.45, 7) is 6.09. The lowest BCUT2D eigenvalue weighted by Crippen LogP contribution is -2.42. The molecule has 0 aliphatic carbocycles. The maximum Gasteiger partial charge on any atom is 0.0685 e. The van der Waals surface area contributed by atoms with Gasteiger partial charge in [-0.15, -0.1) is 0 Å². The van der Waals surface area contributed by atoms with Crippen molar-refractivity contribution in [2.75, 3.05) is 13.2 Å². The highest BCUT2D eigenvalue weighted by atomic mass is 16.7. The quantitative estimate of drug-likeness (QED) is 0.665. The summed E-state index contributed by atoms with van der Waals surface area (Å²) in [7, 11) is 0. The van der Waals surface area contributed by atoms with E-state index in [0.29, 0.717) is 6.04 Å². The molecule has 2 atom stereocenters. The molecule has 0 radical (unpaired) electrons. The Bertz CT molecular complexity index is 187. The fourth-order valence-corrected chi connectivity index (χ4v) is 2.38. The van der Waals surface area contributed by atoms with Gasteiger partial charge in [-0.2, -0.15) is 5.06 Å². The minimum absolute atomic E-state index is 0.126. The van der Waals surface area contributed by atoms with Crippen LogP contribution in [0, 0.1) is 0 Å². The highest BCUT2D eigenvalue weighted by Crippen LogP contribution is 2.17. The van der Waals surface area contributed by atoms with Crippen LogP contribution in [0.1, 0.15) is 65.2 Å². The van der Waals surface area contributed by atoms with Gasteiger partial charge in [-0.25, -0.2) is 0 Å². The summed E-state index contributed by atoms with van der Waals surface area (Å²) in [5, 5.41) is 11.6. The Balaban J connectivity index is 1.95. The van der Waals surface area contributed by atoms with Crippen LogP contribution in [0.5, 0.6) is 0 Å². The number of hydrogen-bond donors (Lipinski definition) is 1. The number of aliphatic hydroxyl groups excluding tert-OH is 1. The fourth-order valence-electron chi connectivity index (χ4n) is 2.38. The Hall–Kier alpha value is -0.120. The van der Waals surface area contributed by atoms with Crippen LogP contribution in [0.4, 0.5) is 0 Å². The Morgan fingerprint density at radius 2 is 1.88 bits per heavy atom. The number of hydroxylamine groups is 2. The van der Waals surface area contributed by atoms with Gasteiger partial charge in [0.25, 0.3) is 0 Å². The second kappa shape index (κ2) is 8.90. The molecule has 1 N–H and O–H groups in total. The molecule has 2 unspecified atom stereocenters. The summed E-state index contributed by atoms with van der Waals surface area (Å²) in [4.78, 5) is 5.77. The van der Waals surface area contributed by atoms with Crippen molar-refractivity contribution in [3.05, 3.63) is 0 Å². The third-order valence-corrected chi connectivity index (χ3v) is 3.54. The maximum absolute atomic E-state index is 9.51. The lowest BCUT2D eigenvalue weighted by Gasteiger charge is -2.34. The second-order valence-corrected chi connectivity index (χ2v) is 5.27. The Kier molecular flexibility index (Phi) is 7.82. The number of hydrogen-bond acceptors (Lipinski definition) is 3. The number of rotatable bonds is 8. The van der Waals surface area contributed by atoms with Gasteiger partial charge in [0.1, 0.15) is 0 Å². The number of unbranched alkanes of at least 4 members (excludes halogenated alkanes) is 5. The molecule has 1 aliphatic rings. The first-order valence-corrected chi connectivity index (χ1v) is 7.31. The molecule has 1 heterocycles. The predicted octanol–water partition coefficient (Wildman–Crippen LogP) is 3.12. The van der Waals surface area contributed by atoms with Crippen LogP contribution in [0.2, 0.25) is 0 Å². The minimum atomic E-state index is -0.126. The first kappa shape index (κ1) is 14.9. The predicted molar refractivity (Wildman–Crippen MR) is 70.7 cm³/mol. The van der Waals surface area contributed by atoms with Crippen molar-refractivity contribution in [1.82, 2.24) is 5.06 Å². The Morgan fingerprint density at radius 3 is 2.59 bits per heavy atom. The molecule has 3 heteroatoms. The van der Waals surface area contributed by atoms with Crippen LogP contribution in [0.25, 0.3) is 0 Å². The van der Waals surface area contributed by atoms with Crippen molar-refractivity contribution in [3.63, 3.8) is 0 Å². The average Bonchev–Trinajstić information content (AvgIpc) is 2.30. The zero-order valence-corrected chi connectivity index (χ0v) is 11.5. The second-order valence-electron chi connectivity index (χ2n) is 5.27. The van der Waals surface area contributed by atoms with E-state index >= 15 is 0 Å². The molecule has 0 amide bonds. The molecule has 1 rings (SSSR count). The summed E-state index contributed by atoms with van der Waals surface area (Å²) in [5.41, 5.74) is 0. The van der Waals surface area contributed by atoms with E-state index in [1.54, 1.807) is 0 Å². The van der Waals surface area contributed by atoms with Crippen molar-refractivity contribution in [2.24, 2.45) is 0 Å². The van der Waals surface area contributed by atoms with Crippen molar-refractivity contribution < 1.29 is 9.94 Å². The molecule has 0 bridgehead atoms. The van der Waals surface area contributed by atoms with E-state index in [2.05, 4.69) is 18.9 Å². The van der Waals surface area contributed by atoms with Crippen molar-refractivity contribution in [2.45, 2.75) is 77.4 Å². The van der Waals surface area contributed by atoms with Crippen LogP contribution in [-0.2, 0) is 4.84 Å². The van der Waals surface area contributed by atoms with Crippen molar-refractivity contribution >= 4 is 0 Å². The van der Waals surface area contributed by atoms with Crippen LogP contribution in [0.15, 0.2) is 0 Å². The topological polar surface area (TPSA) is 32.7 Å². The van der Waals surface area contributed by atoms with E-state index in [0.717, 1.165) is 32.4 Å². The van der Waals surface area contributed by atoms with Gasteiger partial charge in [0, 0.05) is 12.6 Å². The molecule has 3 nitrogen and oxygen atoms in total. The van der Waals surface area contributed by atoms with Gasteiger partial charge in [-0.05, 0) is 26.2 Å². The summed E-state index contributed by atoms with van der Waals surface area (Å²) in [6, 6.07) is 0.360. The van der Waals surface area contributed by atoms with Gasteiger partial charge in [0.2, 0.25) is 0 Å². The molecular weight excluding hydrogens is 214 g/mol. The van der Waals surface area contributed by atoms with E-state index in [1.807, 2.05) is 0 Å². The highest BCUT2D eigenvalue weighted by molar-refractivity contribution is 4.73. The van der Waals surface area contributed by atoms with E-state index in [4.69, 9.17) is 4.84 Å². The maximum atomic E-state index is 9.51. The number of nitrogens with zero attached hydrogens (tertiary/aromatic N) is 1. The number of piperidine rings is 1. The van der Waals surface area contributed by atoms with Crippen LogP contribution in [-0.4, -0.2) is 35.5 Å². The molecule has 0 spiro atoms. The van der Waals surface area contributed by atoms with Crippen LogP contribution in [0.3, 0.4) is 0 Å². The van der Waals surface area contributed by atoms with Gasteiger partial charge in [-0.1, -0.05) is 39.0 Å². The standard InChI is InChI=1S/C14H29NO2/c1-3-4-5-6-7-8-11-17-15-10-9-14(16)12-13(15)2/h13-14,16H,3-12H2,1-2H3. The average molecular weight is 243 g/mol. The zero-order chi connectivity index (χ0) is 12.5. The summed E-state index contributed by atoms with van der Waals surface area (Å²) in [5.74, 6) is 0. The first-order chi connectivity index (χ1) is 8.24. The molecule has 0 aromatic heterocycles. The van der Waals surface area contributed by atoms with E-state index < -0.39 is 0 Å². The lowest BCUT2D eigenvalue weighted by atomic mass is 10.0. The summed E-state index contributed by atoms with van der Waals surface area (Å²) in [6.07, 6.45) is 9.39. The molecule has 1 fully saturated rings. The largest absolute Gasteiger partial charge is 0.393 e. The number of aliphatic hydroxyl groups is 1. The zero-order valence-electron chi connectivity index (χ0n) is 11.5. The monoisotopic (exact) mass is 243 g/mol. The van der Waals surface area contributed by atoms with E-state index in [1.165, 1.54) is 32.1 Å². The smallest absolute Gasteiger partial charge is 0.0685 e. The SMILES string of the molecule is CCCCCCCCON1CCC(O)CC1C. The normalized spacial score (nSPS) is 26.3. The molecule has 102 valence electrons. The lowest BCUT2D eigenvalue weighted by molar-refractivity contribution is -0.205. The Labute approximate surface area is 106 Å². The molecule has 1 aliphatic heterocycles. The third-order valence-electron chi connectivity index (χ3n) is 3.54. The minimum Gasteiger partial charge on any atom is -0.393 e. The highest BCUT2D eigenvalue weighted by Gasteiger charge is 2.24. The third kappa shape index (κ3) is 6.39. The van der Waals surface area contributed by atoms with Crippen LogP contribution >= 0.6 is 0 Å². The van der Waals surface area contributed by atoms with Gasteiger partial charge >= 0.3 is 0 Å². The fraction of sp³-hybridized carbons (Fsp3) is 1.00. The molecule has 17 heavy (non-hydrogen) atoms. The van der Waals surface area contributed by atoms with Crippen molar-refractivity contribution in [3.8, 4) is 0 Å². The van der Waals surface area contributed by atoms with Gasteiger partial charge in [0.15, 0.2) is 0 Å². The molecule has 0 aromatic carbocycles. The Morgan fingerprint density at radius 1 is 1.18 bits per heavy atom. The van der Waals surface area contributed by atoms with Gasteiger partial charge < -0.3 is 5.11 Å². The van der Waals surface area contributed by atoms with Gasteiger partial charge in [-0.3, -0.25) is 4.84 Å². The summed E-state index contributed by atoms with van der Waals surface area (Å²) < 4.78 is 0. The first-order valence-electron chi connectivity index (χ1n) is 7.31. The molecule has 0 aromatic rings. The molecular formula is C14H29NO2. The van der Waals surface area contributed by atoms with Crippen LogP contribution < -0.4 is 0 Å². The molecule has 1 saturated heterocycles. The van der Waals surface area contributed by atoms with E-state index in [9.17, 15) is 5.11 Å². The van der Waals surface area contributed by atoms with Gasteiger partial charge in [0.05, 0.1) is 12.7 Å². The van der Waals surface area contributed by atoms with E-state index in [-0.39, 0.29) is 6.10 Å². The summed E-state index contributed by atoms with van der Waals surface area (Å²) >= 11 is 0. The van der Waals surface area contributed by atoms with Crippen molar-refractivity contribution in [1.29, 1.82) is 0 Å². The molecule has 0 saturated carbocycles.